The Kier molecular flexibility index (Phi) is 5.33. The summed E-state index contributed by atoms with van der Waals surface area (Å²) in [5.74, 6) is -0.0949. The normalized spacial score (nSPS) is 15.7. The lowest BCUT2D eigenvalue weighted by molar-refractivity contribution is -0.384. The molecule has 4 rings (SSSR count). The third-order valence-electron chi connectivity index (χ3n) is 5.10. The van der Waals surface area contributed by atoms with E-state index in [-0.39, 0.29) is 17.6 Å². The first-order valence-corrected chi connectivity index (χ1v) is 9.78. The van der Waals surface area contributed by atoms with Gasteiger partial charge >= 0.3 is 0 Å². The van der Waals surface area contributed by atoms with Crippen molar-refractivity contribution >= 4 is 40.3 Å². The predicted octanol–water partition coefficient (Wildman–Crippen LogP) is 5.87. The van der Waals surface area contributed by atoms with Crippen molar-refractivity contribution in [2.75, 3.05) is 4.90 Å². The molecule has 0 radical (unpaired) electrons. The number of para-hydroxylation sites is 2. The maximum absolute atomic E-state index is 12.7. The van der Waals surface area contributed by atoms with Crippen LogP contribution in [0.2, 0.25) is 5.02 Å². The van der Waals surface area contributed by atoms with E-state index in [1.54, 1.807) is 29.2 Å². The molecule has 0 aromatic heterocycles. The number of halogens is 1. The van der Waals surface area contributed by atoms with E-state index in [0.717, 1.165) is 22.5 Å². The molecular weight excluding hydrogens is 402 g/mol. The van der Waals surface area contributed by atoms with Gasteiger partial charge in [0.05, 0.1) is 28.1 Å². The molecule has 7 heteroatoms. The van der Waals surface area contributed by atoms with Crippen molar-refractivity contribution < 1.29 is 9.72 Å². The molecule has 0 saturated heterocycles. The third kappa shape index (κ3) is 3.82. The molecule has 3 aromatic rings. The molecule has 0 fully saturated rings. The van der Waals surface area contributed by atoms with Crippen LogP contribution in [0, 0.1) is 10.1 Å². The Morgan fingerprint density at radius 3 is 2.37 bits per heavy atom. The molecule has 1 unspecified atom stereocenters. The first-order valence-electron chi connectivity index (χ1n) is 9.41. The second kappa shape index (κ2) is 8.08. The molecule has 0 aliphatic carbocycles. The summed E-state index contributed by atoms with van der Waals surface area (Å²) in [5, 5.41) is 11.6. The summed E-state index contributed by atoms with van der Waals surface area (Å²) >= 11 is 6.07. The van der Waals surface area contributed by atoms with E-state index in [1.807, 2.05) is 36.4 Å². The standard InChI is InChI=1S/C23H18ClN3O3/c1-15(28)26-22-5-3-2-4-20(22)25-21(16-8-12-19(13-9-16)27(29)30)14-23(26)17-6-10-18(24)11-7-17/h2-13,23H,14H2,1H3. The third-order valence-corrected chi connectivity index (χ3v) is 5.35. The van der Waals surface area contributed by atoms with Gasteiger partial charge in [-0.2, -0.15) is 0 Å². The minimum atomic E-state index is -0.429. The molecule has 6 nitrogen and oxygen atoms in total. The summed E-state index contributed by atoms with van der Waals surface area (Å²) in [4.78, 5) is 29.9. The van der Waals surface area contributed by atoms with E-state index in [9.17, 15) is 14.9 Å². The maximum Gasteiger partial charge on any atom is 0.269 e. The molecule has 1 aliphatic rings. The Morgan fingerprint density at radius 2 is 1.73 bits per heavy atom. The summed E-state index contributed by atoms with van der Waals surface area (Å²) in [5.41, 5.74) is 3.88. The van der Waals surface area contributed by atoms with Gasteiger partial charge in [-0.15, -0.1) is 0 Å². The van der Waals surface area contributed by atoms with Crippen molar-refractivity contribution in [1.82, 2.24) is 0 Å². The molecule has 1 amide bonds. The number of nitro benzene ring substituents is 1. The Hall–Kier alpha value is -3.51. The Labute approximate surface area is 178 Å². The van der Waals surface area contributed by atoms with Crippen LogP contribution >= 0.6 is 11.6 Å². The van der Waals surface area contributed by atoms with Crippen molar-refractivity contribution in [2.45, 2.75) is 19.4 Å². The smallest absolute Gasteiger partial charge is 0.269 e. The highest BCUT2D eigenvalue weighted by atomic mass is 35.5. The highest BCUT2D eigenvalue weighted by molar-refractivity contribution is 6.30. The largest absolute Gasteiger partial charge is 0.303 e. The number of benzene rings is 3. The van der Waals surface area contributed by atoms with Crippen LogP contribution in [0.4, 0.5) is 17.1 Å². The van der Waals surface area contributed by atoms with E-state index in [2.05, 4.69) is 0 Å². The van der Waals surface area contributed by atoms with E-state index in [1.165, 1.54) is 19.1 Å². The number of carbonyl (C=O) groups excluding carboxylic acids is 1. The number of non-ortho nitro benzene ring substituents is 1. The van der Waals surface area contributed by atoms with E-state index in [0.29, 0.717) is 17.1 Å². The second-order valence-corrected chi connectivity index (χ2v) is 7.45. The number of anilines is 1. The van der Waals surface area contributed by atoms with Gasteiger partial charge in [0.2, 0.25) is 5.91 Å². The van der Waals surface area contributed by atoms with Crippen molar-refractivity contribution in [3.8, 4) is 0 Å². The second-order valence-electron chi connectivity index (χ2n) is 7.01. The summed E-state index contributed by atoms with van der Waals surface area (Å²) in [6, 6.07) is 20.9. The Balaban J connectivity index is 1.86. The molecule has 150 valence electrons. The fourth-order valence-corrected chi connectivity index (χ4v) is 3.82. The highest BCUT2D eigenvalue weighted by Crippen LogP contribution is 2.40. The number of hydrogen-bond donors (Lipinski definition) is 0. The lowest BCUT2D eigenvalue weighted by atomic mass is 9.95. The number of rotatable bonds is 3. The van der Waals surface area contributed by atoms with Gasteiger partial charge in [-0.25, -0.2) is 0 Å². The van der Waals surface area contributed by atoms with Gasteiger partial charge in [0, 0.05) is 30.5 Å². The zero-order valence-corrected chi connectivity index (χ0v) is 16.9. The fourth-order valence-electron chi connectivity index (χ4n) is 3.69. The van der Waals surface area contributed by atoms with E-state index < -0.39 is 4.92 Å². The van der Waals surface area contributed by atoms with Crippen LogP contribution in [-0.4, -0.2) is 16.5 Å². The van der Waals surface area contributed by atoms with E-state index >= 15 is 0 Å². The summed E-state index contributed by atoms with van der Waals surface area (Å²) in [7, 11) is 0. The lowest BCUT2D eigenvalue weighted by Gasteiger charge is -2.30. The lowest BCUT2D eigenvalue weighted by Crippen LogP contribution is -2.33. The summed E-state index contributed by atoms with van der Waals surface area (Å²) in [6.07, 6.45) is 0.452. The molecule has 3 aromatic carbocycles. The zero-order valence-electron chi connectivity index (χ0n) is 16.2. The maximum atomic E-state index is 12.7. The molecule has 0 spiro atoms. The predicted molar refractivity (Wildman–Crippen MR) is 118 cm³/mol. The van der Waals surface area contributed by atoms with Crippen molar-refractivity contribution in [1.29, 1.82) is 0 Å². The first-order chi connectivity index (χ1) is 14.4. The van der Waals surface area contributed by atoms with Crippen molar-refractivity contribution in [2.24, 2.45) is 4.99 Å². The molecule has 30 heavy (non-hydrogen) atoms. The molecular formula is C23H18ClN3O3. The number of carbonyl (C=O) groups is 1. The van der Waals surface area contributed by atoms with Crippen molar-refractivity contribution in [3.63, 3.8) is 0 Å². The zero-order chi connectivity index (χ0) is 21.3. The average Bonchev–Trinajstić information content (AvgIpc) is 2.91. The highest BCUT2D eigenvalue weighted by Gasteiger charge is 2.30. The van der Waals surface area contributed by atoms with Gasteiger partial charge < -0.3 is 4.90 Å². The van der Waals surface area contributed by atoms with E-state index in [4.69, 9.17) is 16.6 Å². The van der Waals surface area contributed by atoms with Gasteiger partial charge in [0.1, 0.15) is 0 Å². The number of nitrogens with zero attached hydrogens (tertiary/aromatic N) is 3. The SMILES string of the molecule is CC(=O)N1c2ccccc2N=C(c2ccc([N+](=O)[O-])cc2)CC1c1ccc(Cl)cc1. The minimum Gasteiger partial charge on any atom is -0.303 e. The van der Waals surface area contributed by atoms with Gasteiger partial charge in [-0.1, -0.05) is 35.9 Å². The monoisotopic (exact) mass is 419 g/mol. The van der Waals surface area contributed by atoms with Gasteiger partial charge in [-0.3, -0.25) is 19.9 Å². The topological polar surface area (TPSA) is 75.8 Å². The van der Waals surface area contributed by atoms with Crippen LogP contribution in [0.15, 0.2) is 77.8 Å². The van der Waals surface area contributed by atoms with Crippen LogP contribution in [0.3, 0.4) is 0 Å². The minimum absolute atomic E-state index is 0.0213. The number of hydrogen-bond acceptors (Lipinski definition) is 4. The van der Waals surface area contributed by atoms with Crippen LogP contribution < -0.4 is 4.90 Å². The molecule has 0 N–H and O–H groups in total. The van der Waals surface area contributed by atoms with Crippen LogP contribution in [0.1, 0.15) is 30.5 Å². The molecule has 0 bridgehead atoms. The first kappa shape index (κ1) is 19.8. The van der Waals surface area contributed by atoms with Crippen molar-refractivity contribution in [3.05, 3.63) is 99.1 Å². The van der Waals surface area contributed by atoms with Crippen LogP contribution in [0.25, 0.3) is 0 Å². The molecule has 1 atom stereocenters. The number of nitro groups is 1. The van der Waals surface area contributed by atoms with Gasteiger partial charge in [0.15, 0.2) is 0 Å². The summed E-state index contributed by atoms with van der Waals surface area (Å²) < 4.78 is 0. The van der Waals surface area contributed by atoms with Gasteiger partial charge in [0.25, 0.3) is 5.69 Å². The van der Waals surface area contributed by atoms with Crippen LogP contribution in [0.5, 0.6) is 0 Å². The van der Waals surface area contributed by atoms with Gasteiger partial charge in [-0.05, 0) is 47.5 Å². The average molecular weight is 420 g/mol. The van der Waals surface area contributed by atoms with Crippen LogP contribution in [-0.2, 0) is 4.79 Å². The molecule has 1 aliphatic heterocycles. The summed E-state index contributed by atoms with van der Waals surface area (Å²) in [6.45, 7) is 1.54. The Morgan fingerprint density at radius 1 is 1.07 bits per heavy atom. The Bertz CT molecular complexity index is 1140. The number of fused-ring (bicyclic) bond motifs is 1. The quantitative estimate of drug-likeness (QED) is 0.393. The molecule has 0 saturated carbocycles. The number of amides is 1. The number of aliphatic imine (C=N–C) groups is 1. The fraction of sp³-hybridized carbons (Fsp3) is 0.130. The molecule has 1 heterocycles.